The normalized spacial score (nSPS) is 10.5. The Labute approximate surface area is 104 Å². The minimum absolute atomic E-state index is 0.132. The molecular weight excluding hydrogens is 267 g/mol. The molecule has 0 bridgehead atoms. The highest BCUT2D eigenvalue weighted by atomic mass is 35.5. The topological polar surface area (TPSA) is 82.7 Å². The van der Waals surface area contributed by atoms with Gasteiger partial charge in [-0.05, 0) is 6.26 Å². The zero-order valence-electron chi connectivity index (χ0n) is 8.40. The first-order valence-electron chi connectivity index (χ1n) is 4.28. The Balaban J connectivity index is 2.99. The van der Waals surface area contributed by atoms with Crippen LogP contribution in [-0.4, -0.2) is 26.3 Å². The van der Waals surface area contributed by atoms with Crippen LogP contribution in [0.5, 0.6) is 5.88 Å². The molecule has 0 amide bonds. The number of aromatic nitrogens is 3. The van der Waals surface area contributed by atoms with Crippen LogP contribution in [0.3, 0.4) is 0 Å². The molecule has 0 fully saturated rings. The van der Waals surface area contributed by atoms with Gasteiger partial charge in [-0.3, -0.25) is 0 Å². The minimum atomic E-state index is -0.881. The number of rotatable bonds is 1. The average molecular weight is 271 g/mol. The first-order valence-corrected chi connectivity index (χ1v) is 5.88. The monoisotopic (exact) mass is 270 g/mol. The van der Waals surface area contributed by atoms with Crippen LogP contribution in [0.2, 0.25) is 5.15 Å². The van der Waals surface area contributed by atoms with Gasteiger partial charge in [0.25, 0.3) is 0 Å². The molecule has 0 unspecified atom stereocenters. The lowest BCUT2D eigenvalue weighted by Crippen LogP contribution is -1.98. The maximum absolute atomic E-state index is 13.7. The van der Waals surface area contributed by atoms with E-state index in [1.54, 1.807) is 12.3 Å². The van der Waals surface area contributed by atoms with Crippen LogP contribution in [0, 0.1) is 17.1 Å². The van der Waals surface area contributed by atoms with E-state index in [4.69, 9.17) is 16.9 Å². The van der Waals surface area contributed by atoms with E-state index in [1.165, 1.54) is 0 Å². The smallest absolute Gasteiger partial charge is 0.226 e. The van der Waals surface area contributed by atoms with Gasteiger partial charge in [-0.15, -0.1) is 0 Å². The Kier molecular flexibility index (Phi) is 3.00. The van der Waals surface area contributed by atoms with Gasteiger partial charge in [0.2, 0.25) is 5.88 Å². The maximum Gasteiger partial charge on any atom is 0.226 e. The number of hydrogen-bond donors (Lipinski definition) is 1. The number of nitriles is 1. The molecule has 86 valence electrons. The highest BCUT2D eigenvalue weighted by molar-refractivity contribution is 7.98. The van der Waals surface area contributed by atoms with Gasteiger partial charge in [-0.1, -0.05) is 23.4 Å². The third-order valence-corrected chi connectivity index (χ3v) is 2.79. The second-order valence-corrected chi connectivity index (χ2v) is 4.07. The molecule has 1 N–H and O–H groups in total. The van der Waals surface area contributed by atoms with Gasteiger partial charge < -0.3 is 5.11 Å². The largest absolute Gasteiger partial charge is 0.493 e. The molecule has 0 spiro atoms. The van der Waals surface area contributed by atoms with Crippen molar-refractivity contribution in [3.63, 3.8) is 0 Å². The van der Waals surface area contributed by atoms with E-state index < -0.39 is 16.9 Å². The Morgan fingerprint density at radius 3 is 2.71 bits per heavy atom. The lowest BCUT2D eigenvalue weighted by Gasteiger charge is -2.05. The number of halogens is 2. The SMILES string of the molecule is CSc1nc(O)c2c(C#N)nc(Cl)c(F)c2n1. The number of hydrogen-bond acceptors (Lipinski definition) is 6. The van der Waals surface area contributed by atoms with E-state index in [1.807, 2.05) is 0 Å². The van der Waals surface area contributed by atoms with Crippen molar-refractivity contribution in [2.45, 2.75) is 5.16 Å². The molecule has 0 aliphatic heterocycles. The predicted molar refractivity (Wildman–Crippen MR) is 60.5 cm³/mol. The summed E-state index contributed by atoms with van der Waals surface area (Å²) in [6, 6.07) is 1.71. The molecule has 0 radical (unpaired) electrons. The third kappa shape index (κ3) is 1.85. The van der Waals surface area contributed by atoms with Crippen molar-refractivity contribution in [3.8, 4) is 11.9 Å². The van der Waals surface area contributed by atoms with Crippen LogP contribution < -0.4 is 0 Å². The zero-order valence-corrected chi connectivity index (χ0v) is 9.97. The summed E-state index contributed by atoms with van der Waals surface area (Å²) in [4.78, 5) is 11.1. The molecule has 0 aliphatic rings. The summed E-state index contributed by atoms with van der Waals surface area (Å²) in [6.07, 6.45) is 1.67. The van der Waals surface area contributed by atoms with E-state index in [0.29, 0.717) is 0 Å². The van der Waals surface area contributed by atoms with Crippen molar-refractivity contribution in [3.05, 3.63) is 16.7 Å². The van der Waals surface area contributed by atoms with Crippen LogP contribution in [0.1, 0.15) is 5.69 Å². The summed E-state index contributed by atoms with van der Waals surface area (Å²) in [6.45, 7) is 0. The Hall–Kier alpha value is -1.65. The van der Waals surface area contributed by atoms with Crippen LogP contribution in [0.15, 0.2) is 5.16 Å². The molecule has 17 heavy (non-hydrogen) atoms. The summed E-state index contributed by atoms with van der Waals surface area (Å²) in [5.41, 5.74) is -0.421. The first-order chi connectivity index (χ1) is 8.08. The zero-order chi connectivity index (χ0) is 12.6. The fraction of sp³-hybridized carbons (Fsp3) is 0.111. The molecule has 0 aliphatic carbocycles. The summed E-state index contributed by atoms with van der Waals surface area (Å²) in [7, 11) is 0. The Morgan fingerprint density at radius 1 is 1.41 bits per heavy atom. The van der Waals surface area contributed by atoms with Crippen molar-refractivity contribution >= 4 is 34.3 Å². The van der Waals surface area contributed by atoms with Crippen molar-refractivity contribution in [1.29, 1.82) is 5.26 Å². The van der Waals surface area contributed by atoms with Crippen molar-refractivity contribution in [2.24, 2.45) is 0 Å². The van der Waals surface area contributed by atoms with Gasteiger partial charge in [0, 0.05) is 0 Å². The Bertz CT molecular complexity index is 658. The first kappa shape index (κ1) is 11.8. The summed E-state index contributed by atoms with van der Waals surface area (Å²) in [5, 5.41) is 18.1. The van der Waals surface area contributed by atoms with Gasteiger partial charge >= 0.3 is 0 Å². The molecule has 2 aromatic rings. The average Bonchev–Trinajstić information content (AvgIpc) is 2.33. The van der Waals surface area contributed by atoms with Crippen LogP contribution in [-0.2, 0) is 0 Å². The molecule has 0 aromatic carbocycles. The van der Waals surface area contributed by atoms with Crippen molar-refractivity contribution < 1.29 is 9.50 Å². The van der Waals surface area contributed by atoms with Crippen LogP contribution in [0.25, 0.3) is 10.9 Å². The fourth-order valence-electron chi connectivity index (χ4n) is 1.28. The molecule has 2 heterocycles. The molecule has 0 saturated carbocycles. The summed E-state index contributed by atoms with van der Waals surface area (Å²) < 4.78 is 13.7. The van der Waals surface area contributed by atoms with Gasteiger partial charge in [0.1, 0.15) is 17.0 Å². The van der Waals surface area contributed by atoms with E-state index in [-0.39, 0.29) is 21.8 Å². The fourth-order valence-corrected chi connectivity index (χ4v) is 1.81. The molecule has 8 heteroatoms. The lowest BCUT2D eigenvalue weighted by molar-refractivity contribution is 0.452. The highest BCUT2D eigenvalue weighted by Gasteiger charge is 2.19. The molecule has 0 atom stereocenters. The molecule has 2 aromatic heterocycles. The number of aromatic hydroxyl groups is 1. The van der Waals surface area contributed by atoms with Gasteiger partial charge in [0.15, 0.2) is 21.8 Å². The summed E-state index contributed by atoms with van der Waals surface area (Å²) in [5.74, 6) is -1.37. The molecule has 5 nitrogen and oxygen atoms in total. The van der Waals surface area contributed by atoms with E-state index in [0.717, 1.165) is 11.8 Å². The Morgan fingerprint density at radius 2 is 2.12 bits per heavy atom. The van der Waals surface area contributed by atoms with Crippen LogP contribution in [0.4, 0.5) is 4.39 Å². The van der Waals surface area contributed by atoms with Gasteiger partial charge in [0.05, 0.1) is 0 Å². The maximum atomic E-state index is 13.7. The third-order valence-electron chi connectivity index (χ3n) is 1.99. The van der Waals surface area contributed by atoms with Crippen molar-refractivity contribution in [2.75, 3.05) is 6.26 Å². The highest BCUT2D eigenvalue weighted by Crippen LogP contribution is 2.30. The lowest BCUT2D eigenvalue weighted by atomic mass is 10.2. The molecule has 2 rings (SSSR count). The standard InChI is InChI=1S/C9H4ClFN4OS/c1-17-9-14-6-4(8(16)15-9)3(2-12)13-7(10)5(6)11/h1H3,(H,14,15,16). The second-order valence-electron chi connectivity index (χ2n) is 2.93. The van der Waals surface area contributed by atoms with E-state index in [9.17, 15) is 9.50 Å². The van der Waals surface area contributed by atoms with Crippen molar-refractivity contribution in [1.82, 2.24) is 15.0 Å². The minimum Gasteiger partial charge on any atom is -0.493 e. The number of nitrogens with zero attached hydrogens (tertiary/aromatic N) is 4. The number of thioether (sulfide) groups is 1. The van der Waals surface area contributed by atoms with Crippen LogP contribution >= 0.6 is 23.4 Å². The predicted octanol–water partition coefficient (Wildman–Crippen LogP) is 2.12. The van der Waals surface area contributed by atoms with Gasteiger partial charge in [-0.2, -0.15) is 10.2 Å². The van der Waals surface area contributed by atoms with E-state index >= 15 is 0 Å². The number of fused-ring (bicyclic) bond motifs is 1. The molecule has 0 saturated heterocycles. The second kappa shape index (κ2) is 4.31. The number of pyridine rings is 1. The molecular formula is C9H4ClFN4OS. The quantitative estimate of drug-likeness (QED) is 0.485. The van der Waals surface area contributed by atoms with Gasteiger partial charge in [-0.25, -0.2) is 14.4 Å². The summed E-state index contributed by atoms with van der Waals surface area (Å²) >= 11 is 6.66. The van der Waals surface area contributed by atoms with E-state index in [2.05, 4.69) is 15.0 Å².